The van der Waals surface area contributed by atoms with E-state index in [1.807, 2.05) is 24.3 Å². The molecule has 0 aliphatic carbocycles. The van der Waals surface area contributed by atoms with E-state index in [0.29, 0.717) is 16.6 Å². The Morgan fingerprint density at radius 2 is 1.78 bits per heavy atom. The first-order chi connectivity index (χ1) is 15.1. The van der Waals surface area contributed by atoms with Gasteiger partial charge in [-0.2, -0.15) is 0 Å². The van der Waals surface area contributed by atoms with Crippen LogP contribution in [0.3, 0.4) is 0 Å². The van der Waals surface area contributed by atoms with Gasteiger partial charge in [-0.3, -0.25) is 14.7 Å². The van der Waals surface area contributed by atoms with Gasteiger partial charge in [-0.25, -0.2) is 4.79 Å². The van der Waals surface area contributed by atoms with E-state index in [4.69, 9.17) is 9.47 Å². The molecule has 2 heterocycles. The number of benzene rings is 2. The summed E-state index contributed by atoms with van der Waals surface area (Å²) in [6, 6.07) is 9.13. The third-order valence-corrected chi connectivity index (χ3v) is 5.47. The van der Waals surface area contributed by atoms with Crippen molar-refractivity contribution in [3.63, 3.8) is 0 Å². The molecule has 0 saturated heterocycles. The van der Waals surface area contributed by atoms with Crippen molar-refractivity contribution in [3.05, 3.63) is 59.3 Å². The number of methoxy groups -OCH3 is 1. The highest BCUT2D eigenvalue weighted by Crippen LogP contribution is 2.40. The molecule has 1 aromatic heterocycles. The van der Waals surface area contributed by atoms with Crippen LogP contribution in [0.15, 0.2) is 42.6 Å². The summed E-state index contributed by atoms with van der Waals surface area (Å²) in [6.07, 6.45) is 1.45. The van der Waals surface area contributed by atoms with Crippen molar-refractivity contribution >= 4 is 23.0 Å². The zero-order valence-corrected chi connectivity index (χ0v) is 18.4. The number of carbonyl (C=O) groups excluding carboxylic acids is 2. The number of rotatable bonds is 2. The number of para-hydroxylation sites is 1. The van der Waals surface area contributed by atoms with E-state index in [9.17, 15) is 19.8 Å². The van der Waals surface area contributed by atoms with Crippen LogP contribution in [0, 0.1) is 0 Å². The molecule has 2 aromatic carbocycles. The minimum absolute atomic E-state index is 0.260. The monoisotopic (exact) mass is 438 g/mol. The number of nitrogens with one attached hydrogen (secondary N) is 1. The first-order valence-corrected chi connectivity index (χ1v) is 10.3. The van der Waals surface area contributed by atoms with Crippen molar-refractivity contribution in [2.24, 2.45) is 0 Å². The number of fused-ring (bicyclic) bond motifs is 2. The molecule has 168 valence electrons. The maximum Gasteiger partial charge on any atom is 0.419 e. The van der Waals surface area contributed by atoms with Crippen molar-refractivity contribution in [2.45, 2.75) is 44.9 Å². The third-order valence-electron chi connectivity index (χ3n) is 5.47. The molecule has 0 bridgehead atoms. The van der Waals surface area contributed by atoms with Crippen LogP contribution in [0.25, 0.3) is 10.9 Å². The average Bonchev–Trinajstić information content (AvgIpc) is 3.12. The van der Waals surface area contributed by atoms with E-state index < -0.39 is 29.7 Å². The second-order valence-corrected chi connectivity index (χ2v) is 8.87. The molecule has 0 unspecified atom stereocenters. The molecule has 0 saturated carbocycles. The predicted molar refractivity (Wildman–Crippen MR) is 118 cm³/mol. The van der Waals surface area contributed by atoms with E-state index >= 15 is 0 Å². The molecular weight excluding hydrogens is 412 g/mol. The second kappa shape index (κ2) is 7.87. The summed E-state index contributed by atoms with van der Waals surface area (Å²) < 4.78 is 11.9. The Morgan fingerprint density at radius 1 is 1.09 bits per heavy atom. The van der Waals surface area contributed by atoms with Crippen LogP contribution >= 0.6 is 0 Å². The van der Waals surface area contributed by atoms with Gasteiger partial charge >= 0.3 is 12.1 Å². The van der Waals surface area contributed by atoms with Crippen molar-refractivity contribution in [2.75, 3.05) is 7.11 Å². The summed E-state index contributed by atoms with van der Waals surface area (Å²) in [4.78, 5) is 25.3. The van der Waals surface area contributed by atoms with E-state index in [1.165, 1.54) is 23.8 Å². The molecule has 3 N–H and O–H groups in total. The molecule has 0 amide bonds. The number of hydrogen-bond donors (Lipinski definition) is 3. The standard InChI is InChI=1S/C24H26N2O6/c1-24(2,3)32-23(30)26-12-16(14-7-5-6-8-18(14)26)21-15-11-20(28)19(27)10-13(15)9-17(25-21)22(29)31-4/h5-8,10-12,17,21,25,27-28H,9H2,1-4H3/t17-,21-/m0/s1. The number of carbonyl (C=O) groups is 2. The number of hydrogen-bond acceptors (Lipinski definition) is 7. The lowest BCUT2D eigenvalue weighted by Gasteiger charge is -2.32. The van der Waals surface area contributed by atoms with Crippen LogP contribution in [0.4, 0.5) is 4.79 Å². The van der Waals surface area contributed by atoms with Crippen LogP contribution in [0.2, 0.25) is 0 Å². The van der Waals surface area contributed by atoms with E-state index in [2.05, 4.69) is 5.32 Å². The predicted octanol–water partition coefficient (Wildman–Crippen LogP) is 3.61. The molecular formula is C24H26N2O6. The summed E-state index contributed by atoms with van der Waals surface area (Å²) in [5, 5.41) is 24.2. The topological polar surface area (TPSA) is 110 Å². The first-order valence-electron chi connectivity index (χ1n) is 10.3. The molecule has 0 spiro atoms. The average molecular weight is 438 g/mol. The van der Waals surface area contributed by atoms with Gasteiger partial charge < -0.3 is 19.7 Å². The largest absolute Gasteiger partial charge is 0.504 e. The van der Waals surface area contributed by atoms with Crippen LogP contribution in [-0.2, 0) is 20.7 Å². The summed E-state index contributed by atoms with van der Waals surface area (Å²) in [5.74, 6) is -0.962. The minimum Gasteiger partial charge on any atom is -0.504 e. The fraction of sp³-hybridized carbons (Fsp3) is 0.333. The van der Waals surface area contributed by atoms with Gasteiger partial charge in [0.15, 0.2) is 11.5 Å². The molecule has 1 aliphatic heterocycles. The maximum atomic E-state index is 12.9. The summed E-state index contributed by atoms with van der Waals surface area (Å²) in [6.45, 7) is 5.39. The number of esters is 1. The van der Waals surface area contributed by atoms with E-state index in [-0.39, 0.29) is 17.9 Å². The Labute approximate surface area is 185 Å². The quantitative estimate of drug-likeness (QED) is 0.414. The highest BCUT2D eigenvalue weighted by molar-refractivity contribution is 5.93. The fourth-order valence-electron chi connectivity index (χ4n) is 4.10. The Bertz CT molecular complexity index is 1210. The Morgan fingerprint density at radius 3 is 2.47 bits per heavy atom. The summed E-state index contributed by atoms with van der Waals surface area (Å²) >= 11 is 0. The Hall–Kier alpha value is -3.52. The maximum absolute atomic E-state index is 12.9. The summed E-state index contributed by atoms with van der Waals surface area (Å²) in [5.41, 5.74) is 2.12. The van der Waals surface area contributed by atoms with E-state index in [0.717, 1.165) is 10.9 Å². The molecule has 3 aromatic rings. The molecule has 8 heteroatoms. The van der Waals surface area contributed by atoms with Gasteiger partial charge in [0.2, 0.25) is 0 Å². The van der Waals surface area contributed by atoms with Crippen molar-refractivity contribution in [1.82, 2.24) is 9.88 Å². The van der Waals surface area contributed by atoms with Crippen molar-refractivity contribution in [3.8, 4) is 11.5 Å². The first kappa shape index (κ1) is 21.7. The highest BCUT2D eigenvalue weighted by atomic mass is 16.6. The number of aromatic hydroxyl groups is 2. The van der Waals surface area contributed by atoms with Crippen molar-refractivity contribution < 1.29 is 29.3 Å². The van der Waals surface area contributed by atoms with E-state index in [1.54, 1.807) is 27.0 Å². The molecule has 32 heavy (non-hydrogen) atoms. The highest BCUT2D eigenvalue weighted by Gasteiger charge is 2.35. The summed E-state index contributed by atoms with van der Waals surface area (Å²) in [7, 11) is 1.32. The number of aromatic nitrogens is 1. The minimum atomic E-state index is -0.669. The second-order valence-electron chi connectivity index (χ2n) is 8.87. The lowest BCUT2D eigenvalue weighted by Crippen LogP contribution is -2.45. The Balaban J connectivity index is 1.89. The number of ether oxygens (including phenoxy) is 2. The zero-order chi connectivity index (χ0) is 23.2. The lowest BCUT2D eigenvalue weighted by atomic mass is 9.86. The molecule has 4 rings (SSSR count). The van der Waals surface area contributed by atoms with Gasteiger partial charge in [-0.05, 0) is 62.1 Å². The van der Waals surface area contributed by atoms with Gasteiger partial charge in [0.1, 0.15) is 11.6 Å². The van der Waals surface area contributed by atoms with Gasteiger partial charge in [0.05, 0.1) is 18.7 Å². The van der Waals surface area contributed by atoms with Gasteiger partial charge in [-0.1, -0.05) is 18.2 Å². The molecule has 0 radical (unpaired) electrons. The van der Waals surface area contributed by atoms with Crippen LogP contribution in [-0.4, -0.2) is 45.6 Å². The van der Waals surface area contributed by atoms with Crippen LogP contribution in [0.1, 0.15) is 43.5 Å². The van der Waals surface area contributed by atoms with Crippen LogP contribution in [0.5, 0.6) is 11.5 Å². The Kier molecular flexibility index (Phi) is 5.34. The van der Waals surface area contributed by atoms with Gasteiger partial charge in [-0.15, -0.1) is 0 Å². The normalized spacial score (nSPS) is 18.2. The third kappa shape index (κ3) is 3.89. The van der Waals surface area contributed by atoms with Gasteiger partial charge in [0.25, 0.3) is 0 Å². The lowest BCUT2D eigenvalue weighted by molar-refractivity contribution is -0.143. The number of nitrogens with zero attached hydrogens (tertiary/aromatic N) is 1. The number of phenols is 2. The number of phenolic OH excluding ortho intramolecular Hbond substituents is 2. The fourth-order valence-corrected chi connectivity index (χ4v) is 4.10. The molecule has 2 atom stereocenters. The smallest absolute Gasteiger partial charge is 0.419 e. The molecule has 8 nitrogen and oxygen atoms in total. The van der Waals surface area contributed by atoms with Gasteiger partial charge in [0, 0.05) is 11.6 Å². The molecule has 0 fully saturated rings. The van der Waals surface area contributed by atoms with Crippen LogP contribution < -0.4 is 5.32 Å². The SMILES string of the molecule is COC(=O)[C@@H]1Cc2cc(O)c(O)cc2[C@@H](c2cn(C(=O)OC(C)(C)C)c3ccccc23)N1. The van der Waals surface area contributed by atoms with Crippen molar-refractivity contribution in [1.29, 1.82) is 0 Å². The zero-order valence-electron chi connectivity index (χ0n) is 18.4. The molecule has 1 aliphatic rings.